The van der Waals surface area contributed by atoms with Gasteiger partial charge in [0.1, 0.15) is 12.4 Å². The quantitative estimate of drug-likeness (QED) is 0.266. The van der Waals surface area contributed by atoms with E-state index in [1.165, 1.54) is 0 Å². The highest BCUT2D eigenvalue weighted by atomic mass is 32.2. The molecule has 2 heterocycles. The number of rotatable bonds is 12. The zero-order valence-electron chi connectivity index (χ0n) is 20.2. The van der Waals surface area contributed by atoms with Crippen molar-refractivity contribution in [3.8, 4) is 28.5 Å². The van der Waals surface area contributed by atoms with Crippen LogP contribution >= 0.6 is 0 Å². The first-order valence-electron chi connectivity index (χ1n) is 11.6. The number of fused-ring (bicyclic) bond motifs is 1. The van der Waals surface area contributed by atoms with Gasteiger partial charge in [0, 0.05) is 30.0 Å². The number of hydrogen-bond donors (Lipinski definition) is 0. The Morgan fingerprint density at radius 1 is 1.03 bits per heavy atom. The van der Waals surface area contributed by atoms with Gasteiger partial charge in [-0.15, -0.1) is 0 Å². The Bertz CT molecular complexity index is 1240. The Hall–Kier alpha value is -3.01. The Morgan fingerprint density at radius 3 is 2.54 bits per heavy atom. The van der Waals surface area contributed by atoms with E-state index in [0.717, 1.165) is 46.0 Å². The predicted octanol–water partition coefficient (Wildman–Crippen LogP) is 4.54. The second kappa shape index (κ2) is 11.2. The first-order chi connectivity index (χ1) is 16.8. The van der Waals surface area contributed by atoms with Crippen LogP contribution < -0.4 is 14.2 Å². The molecule has 4 rings (SSSR count). The Kier molecular flexibility index (Phi) is 8.00. The summed E-state index contributed by atoms with van der Waals surface area (Å²) < 4.78 is 52.3. The highest BCUT2D eigenvalue weighted by Crippen LogP contribution is 2.36. The van der Waals surface area contributed by atoms with Gasteiger partial charge < -0.3 is 23.5 Å². The summed E-state index contributed by atoms with van der Waals surface area (Å²) >= 11 is 0. The summed E-state index contributed by atoms with van der Waals surface area (Å²) in [5.41, 5.74) is 4.36. The van der Waals surface area contributed by atoms with Crippen LogP contribution in [-0.4, -0.2) is 45.5 Å². The molecule has 2 aromatic carbocycles. The van der Waals surface area contributed by atoms with Gasteiger partial charge in [-0.2, -0.15) is 8.42 Å². The van der Waals surface area contributed by atoms with E-state index in [2.05, 4.69) is 23.6 Å². The molecule has 35 heavy (non-hydrogen) atoms. The highest BCUT2D eigenvalue weighted by molar-refractivity contribution is 7.86. The average Bonchev–Trinajstić information content (AvgIpc) is 3.43. The summed E-state index contributed by atoms with van der Waals surface area (Å²) in [5.74, 6) is 2.31. The maximum absolute atomic E-state index is 11.4. The molecule has 1 unspecified atom stereocenters. The van der Waals surface area contributed by atoms with Gasteiger partial charge in [-0.1, -0.05) is 12.1 Å². The third-order valence-corrected chi connectivity index (χ3v) is 6.24. The molecule has 1 aliphatic rings. The molecular weight excluding hydrogens is 470 g/mol. The maximum atomic E-state index is 11.4. The molecule has 8 nitrogen and oxygen atoms in total. The van der Waals surface area contributed by atoms with E-state index in [-0.39, 0.29) is 6.79 Å². The van der Waals surface area contributed by atoms with Crippen LogP contribution in [0.4, 0.5) is 0 Å². The normalized spacial score (nSPS) is 13.7. The average molecular weight is 502 g/mol. The topological polar surface area (TPSA) is 85.2 Å². The molecule has 1 aliphatic heterocycles. The van der Waals surface area contributed by atoms with Crippen molar-refractivity contribution in [3.63, 3.8) is 0 Å². The first-order valence-corrected chi connectivity index (χ1v) is 13.4. The SMILES string of the molecule is CCOC(CCc1ccc(OCCn2c(C)ccc2-c2ccc3c(c2)OCO3)cc1)OS(C)(=O)=O. The summed E-state index contributed by atoms with van der Waals surface area (Å²) in [6.45, 7) is 5.73. The van der Waals surface area contributed by atoms with Gasteiger partial charge in [-0.25, -0.2) is 4.18 Å². The summed E-state index contributed by atoms with van der Waals surface area (Å²) in [6, 6.07) is 18.0. The minimum absolute atomic E-state index is 0.257. The third-order valence-electron chi connectivity index (χ3n) is 5.68. The molecule has 0 bridgehead atoms. The van der Waals surface area contributed by atoms with Crippen LogP contribution in [0.3, 0.4) is 0 Å². The molecule has 0 N–H and O–H groups in total. The van der Waals surface area contributed by atoms with Crippen molar-refractivity contribution < 1.29 is 31.5 Å². The summed E-state index contributed by atoms with van der Waals surface area (Å²) in [4.78, 5) is 0. The molecule has 0 fully saturated rings. The van der Waals surface area contributed by atoms with Crippen LogP contribution in [0.5, 0.6) is 17.2 Å². The molecule has 0 spiro atoms. The van der Waals surface area contributed by atoms with E-state index in [9.17, 15) is 8.42 Å². The number of aromatic nitrogens is 1. The van der Waals surface area contributed by atoms with E-state index in [4.69, 9.17) is 23.1 Å². The number of ether oxygens (including phenoxy) is 4. The van der Waals surface area contributed by atoms with Crippen LogP contribution in [-0.2, 0) is 32.0 Å². The lowest BCUT2D eigenvalue weighted by Gasteiger charge is -2.16. The van der Waals surface area contributed by atoms with Crippen molar-refractivity contribution in [1.82, 2.24) is 4.57 Å². The zero-order chi connectivity index (χ0) is 24.8. The molecule has 9 heteroatoms. The van der Waals surface area contributed by atoms with Crippen molar-refractivity contribution in [2.24, 2.45) is 0 Å². The zero-order valence-corrected chi connectivity index (χ0v) is 21.0. The fraction of sp³-hybridized carbons (Fsp3) is 0.385. The fourth-order valence-electron chi connectivity index (χ4n) is 4.01. The van der Waals surface area contributed by atoms with Gasteiger partial charge in [0.2, 0.25) is 6.79 Å². The lowest BCUT2D eigenvalue weighted by Crippen LogP contribution is -2.21. The summed E-state index contributed by atoms with van der Waals surface area (Å²) in [7, 11) is -3.57. The minimum Gasteiger partial charge on any atom is -0.492 e. The smallest absolute Gasteiger partial charge is 0.266 e. The molecular formula is C26H31NO7S. The molecule has 0 amide bonds. The molecule has 1 atom stereocenters. The molecule has 0 saturated heterocycles. The summed E-state index contributed by atoms with van der Waals surface area (Å²) in [6.07, 6.45) is 1.31. The molecule has 0 radical (unpaired) electrons. The van der Waals surface area contributed by atoms with E-state index in [1.807, 2.05) is 42.5 Å². The molecule has 188 valence electrons. The lowest BCUT2D eigenvalue weighted by molar-refractivity contribution is -0.0749. The van der Waals surface area contributed by atoms with Gasteiger partial charge in [0.25, 0.3) is 10.1 Å². The van der Waals surface area contributed by atoms with Crippen molar-refractivity contribution in [2.45, 2.75) is 39.5 Å². The van der Waals surface area contributed by atoms with E-state index < -0.39 is 16.4 Å². The van der Waals surface area contributed by atoms with Crippen molar-refractivity contribution >= 4 is 10.1 Å². The molecule has 1 aromatic heterocycles. The van der Waals surface area contributed by atoms with Crippen molar-refractivity contribution in [1.29, 1.82) is 0 Å². The number of benzene rings is 2. The van der Waals surface area contributed by atoms with Crippen LogP contribution in [0, 0.1) is 6.92 Å². The largest absolute Gasteiger partial charge is 0.492 e. The van der Waals surface area contributed by atoms with Crippen LogP contribution in [0.15, 0.2) is 54.6 Å². The van der Waals surface area contributed by atoms with E-state index >= 15 is 0 Å². The second-order valence-corrected chi connectivity index (χ2v) is 9.90. The maximum Gasteiger partial charge on any atom is 0.266 e. The third kappa shape index (κ3) is 6.78. The fourth-order valence-corrected chi connectivity index (χ4v) is 4.55. The summed E-state index contributed by atoms with van der Waals surface area (Å²) in [5, 5.41) is 0. The predicted molar refractivity (Wildman–Crippen MR) is 132 cm³/mol. The van der Waals surface area contributed by atoms with Crippen molar-refractivity contribution in [3.05, 3.63) is 65.9 Å². The number of aryl methyl sites for hydroxylation is 2. The van der Waals surface area contributed by atoms with Crippen molar-refractivity contribution in [2.75, 3.05) is 26.3 Å². The van der Waals surface area contributed by atoms with E-state index in [1.54, 1.807) is 6.92 Å². The molecule has 3 aromatic rings. The molecule has 0 aliphatic carbocycles. The van der Waals surface area contributed by atoms with Gasteiger partial charge in [-0.3, -0.25) is 0 Å². The first kappa shape index (κ1) is 25.1. The lowest BCUT2D eigenvalue weighted by atomic mass is 10.1. The minimum atomic E-state index is -3.57. The Labute approximate surface area is 206 Å². The van der Waals surface area contributed by atoms with Gasteiger partial charge in [0.15, 0.2) is 17.8 Å². The monoisotopic (exact) mass is 501 g/mol. The second-order valence-electron chi connectivity index (χ2n) is 8.30. The standard InChI is InChI=1S/C26H31NO7S/c1-4-30-26(34-35(3,28)29)14-8-20-6-10-22(11-7-20)31-16-15-27-19(2)5-12-23(27)21-9-13-24-25(17-21)33-18-32-24/h5-7,9-13,17,26H,4,8,14-16,18H2,1-3H3. The number of nitrogens with zero attached hydrogens (tertiary/aromatic N) is 1. The van der Waals surface area contributed by atoms with Gasteiger partial charge >= 0.3 is 0 Å². The van der Waals surface area contributed by atoms with Gasteiger partial charge in [-0.05, 0) is 68.3 Å². The van der Waals surface area contributed by atoms with E-state index in [0.29, 0.717) is 32.6 Å². The Balaban J connectivity index is 1.31. The Morgan fingerprint density at radius 2 is 1.80 bits per heavy atom. The van der Waals surface area contributed by atoms with Crippen LogP contribution in [0.1, 0.15) is 24.6 Å². The molecule has 0 saturated carbocycles. The van der Waals surface area contributed by atoms with Crippen LogP contribution in [0.2, 0.25) is 0 Å². The highest BCUT2D eigenvalue weighted by Gasteiger charge is 2.17. The number of hydrogen-bond acceptors (Lipinski definition) is 7. The van der Waals surface area contributed by atoms with Gasteiger partial charge in [0.05, 0.1) is 12.8 Å². The van der Waals surface area contributed by atoms with Crippen LogP contribution in [0.25, 0.3) is 11.3 Å².